The Bertz CT molecular complexity index is 859. The summed E-state index contributed by atoms with van der Waals surface area (Å²) in [5.74, 6) is 0.708. The average Bonchev–Trinajstić information content (AvgIpc) is 3.08. The predicted octanol–water partition coefficient (Wildman–Crippen LogP) is 3.26. The van der Waals surface area contributed by atoms with Crippen LogP contribution < -0.4 is 10.6 Å². The van der Waals surface area contributed by atoms with Gasteiger partial charge in [0.15, 0.2) is 5.76 Å². The molecule has 0 aliphatic carbocycles. The van der Waals surface area contributed by atoms with Crippen molar-refractivity contribution in [3.8, 4) is 11.5 Å². The van der Waals surface area contributed by atoms with Crippen molar-refractivity contribution in [1.82, 2.24) is 20.4 Å². The minimum atomic E-state index is -0.230. The first-order chi connectivity index (χ1) is 11.8. The van der Waals surface area contributed by atoms with E-state index in [1.165, 1.54) is 0 Å². The highest BCUT2D eigenvalue weighted by Crippen LogP contribution is 2.28. The van der Waals surface area contributed by atoms with Gasteiger partial charge in [0.2, 0.25) is 5.91 Å². The lowest BCUT2D eigenvalue weighted by molar-refractivity contribution is -0.121. The molecule has 3 aromatic rings. The molecule has 1 aromatic carbocycles. The summed E-state index contributed by atoms with van der Waals surface area (Å²) in [5, 5.41) is 11.7. The molecule has 140 valence electrons. The summed E-state index contributed by atoms with van der Waals surface area (Å²) in [4.78, 5) is 11.9. The molecule has 0 aliphatic heterocycles. The Balaban J connectivity index is 0.00000243. The molecule has 7 heteroatoms. The first kappa shape index (κ1) is 20.0. The Labute approximate surface area is 159 Å². The predicted molar refractivity (Wildman–Crippen MR) is 105 cm³/mol. The largest absolute Gasteiger partial charge is 0.454 e. The Morgan fingerprint density at radius 3 is 2.69 bits per heavy atom. The molecular formula is C19H25ClN4O2. The van der Waals surface area contributed by atoms with Crippen molar-refractivity contribution in [2.75, 3.05) is 6.54 Å². The number of hydrogen-bond donors (Lipinski definition) is 2. The van der Waals surface area contributed by atoms with E-state index in [0.29, 0.717) is 6.54 Å². The first-order valence-corrected chi connectivity index (χ1v) is 8.35. The van der Waals surface area contributed by atoms with Crippen LogP contribution in [0.25, 0.3) is 22.4 Å². The third-order valence-corrected chi connectivity index (χ3v) is 3.68. The molecule has 2 aromatic heterocycles. The van der Waals surface area contributed by atoms with Crippen molar-refractivity contribution < 1.29 is 9.21 Å². The van der Waals surface area contributed by atoms with Crippen molar-refractivity contribution in [2.45, 2.75) is 32.9 Å². The minimum Gasteiger partial charge on any atom is -0.454 e. The number of hydrogen-bond acceptors (Lipinski definition) is 4. The van der Waals surface area contributed by atoms with Gasteiger partial charge in [0, 0.05) is 36.3 Å². The Hall–Kier alpha value is -2.31. The fourth-order valence-corrected chi connectivity index (χ4v) is 2.75. The maximum absolute atomic E-state index is 11.9. The summed E-state index contributed by atoms with van der Waals surface area (Å²) >= 11 is 0. The van der Waals surface area contributed by atoms with Crippen LogP contribution in [0.2, 0.25) is 0 Å². The number of furan rings is 1. The molecule has 0 radical (unpaired) electrons. The molecule has 0 unspecified atom stereocenters. The molecular weight excluding hydrogens is 352 g/mol. The van der Waals surface area contributed by atoms with Gasteiger partial charge in [-0.05, 0) is 32.9 Å². The number of nitrogens with zero attached hydrogens (tertiary/aromatic N) is 2. The van der Waals surface area contributed by atoms with Gasteiger partial charge in [-0.15, -0.1) is 12.4 Å². The molecule has 2 N–H and O–H groups in total. The third kappa shape index (κ3) is 4.86. The number of benzene rings is 1. The number of carbonyl (C=O) groups is 1. The van der Waals surface area contributed by atoms with Gasteiger partial charge in [-0.3, -0.25) is 9.48 Å². The lowest BCUT2D eigenvalue weighted by atomic mass is 10.1. The van der Waals surface area contributed by atoms with E-state index in [9.17, 15) is 4.79 Å². The average molecular weight is 377 g/mol. The summed E-state index contributed by atoms with van der Waals surface area (Å²) in [6.07, 6.45) is 1.94. The quantitative estimate of drug-likeness (QED) is 0.717. The summed E-state index contributed by atoms with van der Waals surface area (Å²) in [7, 11) is 1.88. The molecule has 0 spiro atoms. The highest BCUT2D eigenvalue weighted by atomic mass is 35.5. The van der Waals surface area contributed by atoms with Crippen molar-refractivity contribution in [3.05, 3.63) is 42.1 Å². The molecule has 6 nitrogen and oxygen atoms in total. The molecule has 3 rings (SSSR count). The lowest BCUT2D eigenvalue weighted by Crippen LogP contribution is -2.44. The van der Waals surface area contributed by atoms with Crippen LogP contribution in [-0.2, 0) is 18.4 Å². The number of rotatable bonds is 5. The van der Waals surface area contributed by atoms with E-state index in [4.69, 9.17) is 4.42 Å². The molecule has 0 aliphatic rings. The van der Waals surface area contributed by atoms with Gasteiger partial charge >= 0.3 is 0 Å². The Morgan fingerprint density at radius 2 is 2.00 bits per heavy atom. The van der Waals surface area contributed by atoms with E-state index in [-0.39, 0.29) is 30.4 Å². The topological polar surface area (TPSA) is 72.1 Å². The van der Waals surface area contributed by atoms with Crippen molar-refractivity contribution in [1.29, 1.82) is 0 Å². The van der Waals surface area contributed by atoms with Crippen molar-refractivity contribution in [3.63, 3.8) is 0 Å². The summed E-state index contributed by atoms with van der Waals surface area (Å²) in [6, 6.07) is 9.88. The Kier molecular flexibility index (Phi) is 6.10. The van der Waals surface area contributed by atoms with Crippen LogP contribution in [0, 0.1) is 0 Å². The zero-order chi connectivity index (χ0) is 18.0. The Morgan fingerprint density at radius 1 is 1.27 bits per heavy atom. The SMILES string of the molecule is Cl.Cn1cc(CNCC(=O)NC(C)(C)C)c(-c2cc3ccccc3o2)n1. The smallest absolute Gasteiger partial charge is 0.234 e. The first-order valence-electron chi connectivity index (χ1n) is 8.35. The fraction of sp³-hybridized carbons (Fsp3) is 0.368. The molecule has 0 saturated heterocycles. The number of halogens is 1. The number of aromatic nitrogens is 2. The molecule has 2 heterocycles. The van der Waals surface area contributed by atoms with Crippen molar-refractivity contribution >= 4 is 29.3 Å². The number of carbonyl (C=O) groups excluding carboxylic acids is 1. The standard InChI is InChI=1S/C19H24N4O2.ClH/c1-19(2,3)21-17(24)11-20-10-14-12-23(4)22-18(14)16-9-13-7-5-6-8-15(13)25-16;/h5-9,12,20H,10-11H2,1-4H3,(H,21,24);1H. The van der Waals surface area contributed by atoms with Crippen LogP contribution in [0.4, 0.5) is 0 Å². The highest BCUT2D eigenvalue weighted by molar-refractivity contribution is 5.85. The lowest BCUT2D eigenvalue weighted by Gasteiger charge is -2.20. The van der Waals surface area contributed by atoms with E-state index < -0.39 is 0 Å². The van der Waals surface area contributed by atoms with Crippen LogP contribution in [0.15, 0.2) is 40.9 Å². The maximum Gasteiger partial charge on any atom is 0.234 e. The number of amides is 1. The van der Waals surface area contributed by atoms with E-state index in [0.717, 1.165) is 28.0 Å². The van der Waals surface area contributed by atoms with Gasteiger partial charge in [0.1, 0.15) is 11.3 Å². The summed E-state index contributed by atoms with van der Waals surface area (Å²) < 4.78 is 7.68. The van der Waals surface area contributed by atoms with Crippen LogP contribution >= 0.6 is 12.4 Å². The zero-order valence-corrected chi connectivity index (χ0v) is 16.3. The van der Waals surface area contributed by atoms with Gasteiger partial charge in [0.05, 0.1) is 6.54 Å². The van der Waals surface area contributed by atoms with Crippen molar-refractivity contribution in [2.24, 2.45) is 7.05 Å². The molecule has 0 saturated carbocycles. The number of para-hydroxylation sites is 1. The van der Waals surface area contributed by atoms with Gasteiger partial charge in [0.25, 0.3) is 0 Å². The molecule has 26 heavy (non-hydrogen) atoms. The summed E-state index contributed by atoms with van der Waals surface area (Å²) in [5.41, 5.74) is 2.39. The molecule has 0 atom stereocenters. The van der Waals surface area contributed by atoms with Crippen LogP contribution in [0.5, 0.6) is 0 Å². The van der Waals surface area contributed by atoms with Crippen LogP contribution in [-0.4, -0.2) is 27.8 Å². The molecule has 0 bridgehead atoms. The van der Waals surface area contributed by atoms with Gasteiger partial charge in [-0.25, -0.2) is 0 Å². The second-order valence-corrected chi connectivity index (χ2v) is 7.23. The number of fused-ring (bicyclic) bond motifs is 1. The second-order valence-electron chi connectivity index (χ2n) is 7.23. The number of nitrogens with one attached hydrogen (secondary N) is 2. The van der Waals surface area contributed by atoms with E-state index in [1.54, 1.807) is 4.68 Å². The fourth-order valence-electron chi connectivity index (χ4n) is 2.75. The third-order valence-electron chi connectivity index (χ3n) is 3.68. The molecule has 1 amide bonds. The second kappa shape index (κ2) is 7.93. The molecule has 0 fully saturated rings. The normalized spacial score (nSPS) is 11.4. The van der Waals surface area contributed by atoms with Crippen LogP contribution in [0.1, 0.15) is 26.3 Å². The van der Waals surface area contributed by atoms with E-state index in [2.05, 4.69) is 15.7 Å². The minimum absolute atomic E-state index is 0. The van der Waals surface area contributed by atoms with Gasteiger partial charge in [-0.2, -0.15) is 5.10 Å². The van der Waals surface area contributed by atoms with Gasteiger partial charge in [-0.1, -0.05) is 18.2 Å². The summed E-state index contributed by atoms with van der Waals surface area (Å²) in [6.45, 7) is 6.69. The van der Waals surface area contributed by atoms with E-state index in [1.807, 2.05) is 64.3 Å². The highest BCUT2D eigenvalue weighted by Gasteiger charge is 2.16. The van der Waals surface area contributed by atoms with Gasteiger partial charge < -0.3 is 15.1 Å². The maximum atomic E-state index is 11.9. The zero-order valence-electron chi connectivity index (χ0n) is 15.5. The monoisotopic (exact) mass is 376 g/mol. The number of aryl methyl sites for hydroxylation is 1. The van der Waals surface area contributed by atoms with Crippen LogP contribution in [0.3, 0.4) is 0 Å². The van der Waals surface area contributed by atoms with E-state index >= 15 is 0 Å².